The van der Waals surface area contributed by atoms with Crippen LogP contribution in [0.3, 0.4) is 0 Å². The van der Waals surface area contributed by atoms with Crippen LogP contribution in [0.4, 0.5) is 0 Å². The molecule has 1 aliphatic rings. The Morgan fingerprint density at radius 2 is 2.11 bits per heavy atom. The smallest absolute Gasteiger partial charge is 0.141 e. The zero-order valence-corrected chi connectivity index (χ0v) is 11.9. The van der Waals surface area contributed by atoms with Crippen LogP contribution in [0.15, 0.2) is 6.33 Å². The van der Waals surface area contributed by atoms with Gasteiger partial charge in [0, 0.05) is 12.6 Å². The Bertz CT molecular complexity index is 364. The van der Waals surface area contributed by atoms with E-state index < -0.39 is 0 Å². The molecule has 0 radical (unpaired) electrons. The molecule has 0 aromatic carbocycles. The Kier molecular flexibility index (Phi) is 4.38. The summed E-state index contributed by atoms with van der Waals surface area (Å²) >= 11 is 0. The van der Waals surface area contributed by atoms with Gasteiger partial charge in [-0.2, -0.15) is 5.10 Å². The van der Waals surface area contributed by atoms with E-state index >= 15 is 0 Å². The number of nitrogens with one attached hydrogen (secondary N) is 1. The van der Waals surface area contributed by atoms with Gasteiger partial charge in [0.1, 0.15) is 12.2 Å². The van der Waals surface area contributed by atoms with Crippen molar-refractivity contribution < 1.29 is 0 Å². The summed E-state index contributed by atoms with van der Waals surface area (Å²) in [5.74, 6) is 1.05. The van der Waals surface area contributed by atoms with Crippen molar-refractivity contribution in [1.82, 2.24) is 20.1 Å². The summed E-state index contributed by atoms with van der Waals surface area (Å²) in [7, 11) is 0. The Balaban J connectivity index is 1.86. The van der Waals surface area contributed by atoms with Crippen molar-refractivity contribution in [1.29, 1.82) is 0 Å². The van der Waals surface area contributed by atoms with Gasteiger partial charge in [0.15, 0.2) is 0 Å². The highest BCUT2D eigenvalue weighted by atomic mass is 15.4. The maximum Gasteiger partial charge on any atom is 0.141 e. The molecule has 0 spiro atoms. The first-order valence-electron chi connectivity index (χ1n) is 7.26. The fourth-order valence-corrected chi connectivity index (χ4v) is 3.05. The second kappa shape index (κ2) is 5.83. The van der Waals surface area contributed by atoms with Gasteiger partial charge < -0.3 is 5.32 Å². The van der Waals surface area contributed by atoms with Gasteiger partial charge in [-0.25, -0.2) is 9.67 Å². The minimum absolute atomic E-state index is 0.385. The van der Waals surface area contributed by atoms with Gasteiger partial charge in [0.05, 0.1) is 6.54 Å². The van der Waals surface area contributed by atoms with E-state index in [0.717, 1.165) is 18.9 Å². The van der Waals surface area contributed by atoms with E-state index in [-0.39, 0.29) is 0 Å². The number of hydrogen-bond donors (Lipinski definition) is 1. The van der Waals surface area contributed by atoms with Crippen LogP contribution < -0.4 is 5.32 Å². The predicted molar refractivity (Wildman–Crippen MR) is 73.3 cm³/mol. The molecule has 18 heavy (non-hydrogen) atoms. The topological polar surface area (TPSA) is 42.7 Å². The average molecular weight is 250 g/mol. The Morgan fingerprint density at radius 3 is 2.72 bits per heavy atom. The van der Waals surface area contributed by atoms with Crippen LogP contribution in [0.25, 0.3) is 0 Å². The van der Waals surface area contributed by atoms with E-state index in [1.54, 1.807) is 6.33 Å². The van der Waals surface area contributed by atoms with E-state index in [9.17, 15) is 0 Å². The molecule has 0 amide bonds. The van der Waals surface area contributed by atoms with E-state index in [1.807, 2.05) is 4.68 Å². The van der Waals surface area contributed by atoms with Crippen LogP contribution in [-0.4, -0.2) is 21.3 Å². The minimum atomic E-state index is 0.385. The highest BCUT2D eigenvalue weighted by molar-refractivity contribution is 4.89. The summed E-state index contributed by atoms with van der Waals surface area (Å²) in [5, 5.41) is 7.86. The largest absolute Gasteiger partial charge is 0.309 e. The molecule has 102 valence electrons. The lowest BCUT2D eigenvalue weighted by molar-refractivity contribution is 0.266. The standard InChI is InChI=1S/C14H26N4/c1-4-14(7-5-6-8-14)10-15-9-13-16-11-17-18(13)12(2)3/h11-12,15H,4-10H2,1-3H3. The van der Waals surface area contributed by atoms with Crippen LogP contribution >= 0.6 is 0 Å². The molecule has 1 N–H and O–H groups in total. The fourth-order valence-electron chi connectivity index (χ4n) is 3.05. The molecule has 2 rings (SSSR count). The SMILES string of the molecule is CCC1(CNCc2ncnn2C(C)C)CCCC1. The van der Waals surface area contributed by atoms with Crippen molar-refractivity contribution >= 4 is 0 Å². The van der Waals surface area contributed by atoms with Gasteiger partial charge in [-0.3, -0.25) is 0 Å². The summed E-state index contributed by atoms with van der Waals surface area (Å²) in [6.07, 6.45) is 8.51. The third kappa shape index (κ3) is 2.91. The molecule has 4 nitrogen and oxygen atoms in total. The van der Waals surface area contributed by atoms with Gasteiger partial charge in [-0.1, -0.05) is 19.8 Å². The first kappa shape index (κ1) is 13.5. The quantitative estimate of drug-likeness (QED) is 0.844. The van der Waals surface area contributed by atoms with E-state index in [0.29, 0.717) is 11.5 Å². The minimum Gasteiger partial charge on any atom is -0.309 e. The summed E-state index contributed by atoms with van der Waals surface area (Å²) in [4.78, 5) is 4.34. The molecule has 0 unspecified atom stereocenters. The van der Waals surface area contributed by atoms with Crippen molar-refractivity contribution in [2.75, 3.05) is 6.54 Å². The van der Waals surface area contributed by atoms with Crippen LogP contribution in [0.2, 0.25) is 0 Å². The molecular formula is C14H26N4. The predicted octanol–water partition coefficient (Wildman–Crippen LogP) is 2.92. The van der Waals surface area contributed by atoms with Gasteiger partial charge >= 0.3 is 0 Å². The second-order valence-corrected chi connectivity index (χ2v) is 5.88. The summed E-state index contributed by atoms with van der Waals surface area (Å²) < 4.78 is 2.00. The van der Waals surface area contributed by atoms with Crippen LogP contribution in [0, 0.1) is 5.41 Å². The third-order valence-corrected chi connectivity index (χ3v) is 4.33. The zero-order chi connectivity index (χ0) is 13.0. The maximum atomic E-state index is 4.34. The van der Waals surface area contributed by atoms with Gasteiger partial charge in [-0.05, 0) is 38.5 Å². The second-order valence-electron chi connectivity index (χ2n) is 5.88. The normalized spacial score (nSPS) is 18.7. The third-order valence-electron chi connectivity index (χ3n) is 4.33. The molecule has 1 saturated carbocycles. The summed E-state index contributed by atoms with van der Waals surface area (Å²) in [5.41, 5.74) is 0.544. The number of rotatable bonds is 6. The molecule has 1 fully saturated rings. The fraction of sp³-hybridized carbons (Fsp3) is 0.857. The lowest BCUT2D eigenvalue weighted by Crippen LogP contribution is -2.32. The van der Waals surface area contributed by atoms with E-state index in [2.05, 4.69) is 36.2 Å². The molecule has 0 saturated heterocycles. The molecule has 1 aliphatic carbocycles. The van der Waals surface area contributed by atoms with Crippen molar-refractivity contribution in [3.63, 3.8) is 0 Å². The van der Waals surface area contributed by atoms with Crippen molar-refractivity contribution in [2.24, 2.45) is 5.41 Å². The molecule has 1 aromatic heterocycles. The van der Waals surface area contributed by atoms with E-state index in [4.69, 9.17) is 0 Å². The van der Waals surface area contributed by atoms with Crippen LogP contribution in [-0.2, 0) is 6.54 Å². The number of nitrogens with zero attached hydrogens (tertiary/aromatic N) is 3. The van der Waals surface area contributed by atoms with E-state index in [1.165, 1.54) is 32.1 Å². The monoisotopic (exact) mass is 250 g/mol. The molecule has 1 heterocycles. The lowest BCUT2D eigenvalue weighted by Gasteiger charge is -2.27. The summed E-state index contributed by atoms with van der Waals surface area (Å²) in [6, 6.07) is 0.385. The molecular weight excluding hydrogens is 224 g/mol. The molecule has 0 aliphatic heterocycles. The van der Waals surface area contributed by atoms with Crippen molar-refractivity contribution in [2.45, 2.75) is 65.5 Å². The first-order valence-corrected chi connectivity index (χ1v) is 7.26. The van der Waals surface area contributed by atoms with Crippen molar-refractivity contribution in [3.05, 3.63) is 12.2 Å². The molecule has 1 aromatic rings. The molecule has 0 bridgehead atoms. The Morgan fingerprint density at radius 1 is 1.39 bits per heavy atom. The Hall–Kier alpha value is -0.900. The lowest BCUT2D eigenvalue weighted by atomic mass is 9.83. The number of aromatic nitrogens is 3. The van der Waals surface area contributed by atoms with Crippen molar-refractivity contribution in [3.8, 4) is 0 Å². The molecule has 4 heteroatoms. The van der Waals surface area contributed by atoms with Crippen LogP contribution in [0.5, 0.6) is 0 Å². The van der Waals surface area contributed by atoms with Gasteiger partial charge in [0.25, 0.3) is 0 Å². The van der Waals surface area contributed by atoms with Crippen LogP contribution in [0.1, 0.15) is 64.7 Å². The first-order chi connectivity index (χ1) is 8.67. The van der Waals surface area contributed by atoms with Gasteiger partial charge in [-0.15, -0.1) is 0 Å². The summed E-state index contributed by atoms with van der Waals surface area (Å²) in [6.45, 7) is 8.56. The highest BCUT2D eigenvalue weighted by Gasteiger charge is 2.31. The Labute approximate surface area is 110 Å². The number of hydrogen-bond acceptors (Lipinski definition) is 3. The van der Waals surface area contributed by atoms with Gasteiger partial charge in [0.2, 0.25) is 0 Å². The maximum absolute atomic E-state index is 4.34. The molecule has 0 atom stereocenters. The average Bonchev–Trinajstić information content (AvgIpc) is 2.98. The zero-order valence-electron chi connectivity index (χ0n) is 11.9. The highest BCUT2D eigenvalue weighted by Crippen LogP contribution is 2.40.